The second kappa shape index (κ2) is 8.70. The highest BCUT2D eigenvalue weighted by atomic mass is 19.1. The van der Waals surface area contributed by atoms with E-state index in [1.165, 1.54) is 4.90 Å². The summed E-state index contributed by atoms with van der Waals surface area (Å²) in [5, 5.41) is 3.06. The molecule has 2 amide bonds. The van der Waals surface area contributed by atoms with Crippen molar-refractivity contribution in [2.75, 3.05) is 11.4 Å². The van der Waals surface area contributed by atoms with Gasteiger partial charge in [0.15, 0.2) is 0 Å². The normalized spacial score (nSPS) is 16.7. The van der Waals surface area contributed by atoms with Crippen molar-refractivity contribution in [3.05, 3.63) is 95.8 Å². The molecule has 2 unspecified atom stereocenters. The fourth-order valence-corrected chi connectivity index (χ4v) is 4.45. The Morgan fingerprint density at radius 2 is 1.71 bits per heavy atom. The molecule has 4 aromatic rings. The number of hydrogen-bond acceptors (Lipinski definition) is 3. The zero-order valence-electron chi connectivity index (χ0n) is 18.4. The number of anilines is 1. The lowest BCUT2D eigenvalue weighted by Gasteiger charge is -2.21. The fourth-order valence-electron chi connectivity index (χ4n) is 4.45. The number of nitrogens with zero attached hydrogens (tertiary/aromatic N) is 3. The number of carbonyl (C=O) groups excluding carboxylic acids is 2. The summed E-state index contributed by atoms with van der Waals surface area (Å²) < 4.78 is 29.3. The highest BCUT2D eigenvalue weighted by molar-refractivity contribution is 6.00. The summed E-state index contributed by atoms with van der Waals surface area (Å²) >= 11 is 0. The SMILES string of the molecule is Cn1c(C(NC(=O)C2CC(=O)N(c3cc(F)cc(F)c3)C2)c2ccccc2)nc2ccccc21. The molecule has 6 nitrogen and oxygen atoms in total. The lowest BCUT2D eigenvalue weighted by Crippen LogP contribution is -2.37. The van der Waals surface area contributed by atoms with Crippen LogP contribution in [0.25, 0.3) is 11.0 Å². The van der Waals surface area contributed by atoms with Gasteiger partial charge in [0.1, 0.15) is 23.5 Å². The molecular formula is C26H22F2N4O2. The van der Waals surface area contributed by atoms with Gasteiger partial charge in [0, 0.05) is 31.8 Å². The van der Waals surface area contributed by atoms with Crippen LogP contribution in [-0.2, 0) is 16.6 Å². The zero-order chi connectivity index (χ0) is 23.8. The Morgan fingerprint density at radius 3 is 2.41 bits per heavy atom. The van der Waals surface area contributed by atoms with Crippen molar-refractivity contribution in [2.24, 2.45) is 13.0 Å². The highest BCUT2D eigenvalue weighted by Crippen LogP contribution is 2.29. The van der Waals surface area contributed by atoms with Gasteiger partial charge < -0.3 is 14.8 Å². The molecule has 0 aliphatic carbocycles. The monoisotopic (exact) mass is 460 g/mol. The Balaban J connectivity index is 1.43. The summed E-state index contributed by atoms with van der Waals surface area (Å²) in [5.41, 5.74) is 2.70. The standard InChI is InChI=1S/C26H22F2N4O2/c1-31-22-10-6-5-9-21(22)29-25(31)24(16-7-3-2-4-8-16)30-26(34)17-11-23(33)32(15-17)20-13-18(27)12-19(28)14-20/h2-10,12-14,17,24H,11,15H2,1H3,(H,30,34). The zero-order valence-corrected chi connectivity index (χ0v) is 18.4. The number of nitrogens with one attached hydrogen (secondary N) is 1. The Labute approximate surface area is 194 Å². The molecule has 1 saturated heterocycles. The molecule has 1 aliphatic rings. The van der Waals surface area contributed by atoms with Crippen LogP contribution in [0.3, 0.4) is 0 Å². The first-order valence-corrected chi connectivity index (χ1v) is 10.9. The number of aromatic nitrogens is 2. The number of imidazole rings is 1. The summed E-state index contributed by atoms with van der Waals surface area (Å²) in [4.78, 5) is 31.9. The minimum atomic E-state index is -0.776. The van der Waals surface area contributed by atoms with E-state index in [0.717, 1.165) is 34.8 Å². The van der Waals surface area contributed by atoms with Crippen molar-refractivity contribution in [1.82, 2.24) is 14.9 Å². The second-order valence-electron chi connectivity index (χ2n) is 8.40. The van der Waals surface area contributed by atoms with Crippen LogP contribution in [0.2, 0.25) is 0 Å². The minimum absolute atomic E-state index is 0.0393. The molecule has 0 radical (unpaired) electrons. The van der Waals surface area contributed by atoms with Crippen molar-refractivity contribution in [3.63, 3.8) is 0 Å². The predicted molar refractivity (Wildman–Crippen MR) is 124 cm³/mol. The van der Waals surface area contributed by atoms with Crippen molar-refractivity contribution >= 4 is 28.5 Å². The third-order valence-electron chi connectivity index (χ3n) is 6.15. The molecule has 1 aliphatic heterocycles. The van der Waals surface area contributed by atoms with E-state index < -0.39 is 23.6 Å². The van der Waals surface area contributed by atoms with Gasteiger partial charge in [-0.25, -0.2) is 13.8 Å². The maximum absolute atomic E-state index is 13.7. The number of para-hydroxylation sites is 2. The lowest BCUT2D eigenvalue weighted by molar-refractivity contribution is -0.126. The number of amides is 2. The van der Waals surface area contributed by atoms with E-state index in [2.05, 4.69) is 5.32 Å². The third-order valence-corrected chi connectivity index (χ3v) is 6.15. The Morgan fingerprint density at radius 1 is 1.03 bits per heavy atom. The van der Waals surface area contributed by atoms with Gasteiger partial charge in [-0.15, -0.1) is 0 Å². The van der Waals surface area contributed by atoms with Crippen molar-refractivity contribution < 1.29 is 18.4 Å². The first-order chi connectivity index (χ1) is 16.4. The molecule has 1 N–H and O–H groups in total. The molecule has 34 heavy (non-hydrogen) atoms. The van der Waals surface area contributed by atoms with Gasteiger partial charge in [0.05, 0.1) is 17.0 Å². The van der Waals surface area contributed by atoms with Gasteiger partial charge in [-0.05, 0) is 29.8 Å². The number of carbonyl (C=O) groups is 2. The third kappa shape index (κ3) is 4.03. The first kappa shape index (κ1) is 21.8. The van der Waals surface area contributed by atoms with Crippen LogP contribution in [0.4, 0.5) is 14.5 Å². The van der Waals surface area contributed by atoms with E-state index >= 15 is 0 Å². The predicted octanol–water partition coefficient (Wildman–Crippen LogP) is 4.11. The summed E-state index contributed by atoms with van der Waals surface area (Å²) in [6.07, 6.45) is -0.0476. The summed E-state index contributed by atoms with van der Waals surface area (Å²) in [6.45, 7) is 0.0393. The molecule has 172 valence electrons. The topological polar surface area (TPSA) is 67.2 Å². The molecule has 0 saturated carbocycles. The number of rotatable bonds is 5. The Bertz CT molecular complexity index is 1370. The van der Waals surface area contributed by atoms with E-state index in [1.54, 1.807) is 0 Å². The number of hydrogen-bond donors (Lipinski definition) is 1. The van der Waals surface area contributed by atoms with Crippen LogP contribution in [0, 0.1) is 17.6 Å². The molecule has 8 heteroatoms. The van der Waals surface area contributed by atoms with Gasteiger partial charge in [-0.3, -0.25) is 9.59 Å². The maximum Gasteiger partial charge on any atom is 0.227 e. The summed E-state index contributed by atoms with van der Waals surface area (Å²) in [7, 11) is 1.89. The van der Waals surface area contributed by atoms with E-state index in [0.29, 0.717) is 5.82 Å². The number of fused-ring (bicyclic) bond motifs is 1. The fraction of sp³-hybridized carbons (Fsp3) is 0.192. The number of halogens is 2. The van der Waals surface area contributed by atoms with Gasteiger partial charge in [-0.2, -0.15) is 0 Å². The molecule has 0 spiro atoms. The first-order valence-electron chi connectivity index (χ1n) is 10.9. The lowest BCUT2D eigenvalue weighted by atomic mass is 10.0. The Hall–Kier alpha value is -4.07. The molecule has 5 rings (SSSR count). The number of benzene rings is 3. The van der Waals surface area contributed by atoms with Crippen LogP contribution in [0.1, 0.15) is 23.9 Å². The van der Waals surface area contributed by atoms with Crippen LogP contribution >= 0.6 is 0 Å². The largest absolute Gasteiger partial charge is 0.342 e. The molecule has 0 bridgehead atoms. The summed E-state index contributed by atoms with van der Waals surface area (Å²) in [6, 6.07) is 19.6. The van der Waals surface area contributed by atoms with Gasteiger partial charge in [0.2, 0.25) is 11.8 Å². The molecule has 1 aromatic heterocycles. The quantitative estimate of drug-likeness (QED) is 0.488. The van der Waals surface area contributed by atoms with Crippen LogP contribution in [0.5, 0.6) is 0 Å². The van der Waals surface area contributed by atoms with E-state index in [-0.39, 0.29) is 30.5 Å². The van der Waals surface area contributed by atoms with Crippen LogP contribution in [0.15, 0.2) is 72.8 Å². The second-order valence-corrected chi connectivity index (χ2v) is 8.40. The number of aryl methyl sites for hydroxylation is 1. The highest BCUT2D eigenvalue weighted by Gasteiger charge is 2.37. The average Bonchev–Trinajstić information content (AvgIpc) is 3.38. The van der Waals surface area contributed by atoms with Crippen molar-refractivity contribution in [2.45, 2.75) is 12.5 Å². The summed E-state index contributed by atoms with van der Waals surface area (Å²) in [5.74, 6) is -2.24. The van der Waals surface area contributed by atoms with Gasteiger partial charge in [0.25, 0.3) is 0 Å². The molecule has 2 heterocycles. The van der Waals surface area contributed by atoms with E-state index in [1.807, 2.05) is 66.2 Å². The average molecular weight is 460 g/mol. The molecule has 1 fully saturated rings. The van der Waals surface area contributed by atoms with Crippen LogP contribution in [-0.4, -0.2) is 27.9 Å². The van der Waals surface area contributed by atoms with Crippen molar-refractivity contribution in [3.8, 4) is 0 Å². The molecule has 2 atom stereocenters. The van der Waals surface area contributed by atoms with Crippen LogP contribution < -0.4 is 10.2 Å². The van der Waals surface area contributed by atoms with E-state index in [9.17, 15) is 18.4 Å². The molecule has 3 aromatic carbocycles. The van der Waals surface area contributed by atoms with Crippen molar-refractivity contribution in [1.29, 1.82) is 0 Å². The molecular weight excluding hydrogens is 438 g/mol. The minimum Gasteiger partial charge on any atom is -0.342 e. The maximum atomic E-state index is 13.7. The van der Waals surface area contributed by atoms with Gasteiger partial charge in [-0.1, -0.05) is 42.5 Å². The van der Waals surface area contributed by atoms with E-state index in [4.69, 9.17) is 4.98 Å². The van der Waals surface area contributed by atoms with Gasteiger partial charge >= 0.3 is 0 Å². The smallest absolute Gasteiger partial charge is 0.227 e. The Kier molecular flexibility index (Phi) is 5.57.